The summed E-state index contributed by atoms with van der Waals surface area (Å²) in [6.07, 6.45) is -1.40. The van der Waals surface area contributed by atoms with E-state index in [0.717, 1.165) is 44.3 Å². The van der Waals surface area contributed by atoms with Gasteiger partial charge in [-0.05, 0) is 56.2 Å². The van der Waals surface area contributed by atoms with Gasteiger partial charge < -0.3 is 19.8 Å². The zero-order valence-electron chi connectivity index (χ0n) is 18.0. The predicted molar refractivity (Wildman–Crippen MR) is 109 cm³/mol. The van der Waals surface area contributed by atoms with E-state index < -0.39 is 12.1 Å². The van der Waals surface area contributed by atoms with Crippen molar-refractivity contribution in [1.29, 1.82) is 0 Å². The van der Waals surface area contributed by atoms with Crippen molar-refractivity contribution in [2.75, 3.05) is 39.4 Å². The standard InChI is InChI=1S/C20H28N2O3.C2HF3O2/c1-2-25-18-5-3-4-17(8-18)19(24)21-13-20(14-21)9-16(12-23)11-22(20)10-15-6-7-15;3-2(4,5)1(6)7/h3-5,8,15-16,23H,2,6-7,9-14H2,1H3;(H,6,7). The number of amides is 1. The van der Waals surface area contributed by atoms with Crippen LogP contribution in [0.3, 0.4) is 0 Å². The molecule has 7 nitrogen and oxygen atoms in total. The van der Waals surface area contributed by atoms with Gasteiger partial charge in [0.1, 0.15) is 5.75 Å². The van der Waals surface area contributed by atoms with Gasteiger partial charge in [0.05, 0.1) is 12.1 Å². The first-order chi connectivity index (χ1) is 15.1. The van der Waals surface area contributed by atoms with Crippen molar-refractivity contribution in [1.82, 2.24) is 9.80 Å². The number of aliphatic hydroxyl groups is 1. The van der Waals surface area contributed by atoms with E-state index in [1.807, 2.05) is 36.1 Å². The van der Waals surface area contributed by atoms with E-state index in [4.69, 9.17) is 14.6 Å². The monoisotopic (exact) mass is 458 g/mol. The van der Waals surface area contributed by atoms with Crippen LogP contribution in [0.1, 0.15) is 36.5 Å². The number of halogens is 3. The van der Waals surface area contributed by atoms with Crippen LogP contribution < -0.4 is 4.74 Å². The molecule has 3 aliphatic rings. The van der Waals surface area contributed by atoms with Crippen LogP contribution in [0.25, 0.3) is 0 Å². The summed E-state index contributed by atoms with van der Waals surface area (Å²) in [5.41, 5.74) is 0.801. The van der Waals surface area contributed by atoms with Gasteiger partial charge in [0, 0.05) is 38.3 Å². The molecule has 32 heavy (non-hydrogen) atoms. The molecule has 1 aromatic carbocycles. The number of nitrogens with zero attached hydrogens (tertiary/aromatic N) is 2. The Morgan fingerprint density at radius 1 is 1.22 bits per heavy atom. The maximum atomic E-state index is 12.8. The molecule has 0 radical (unpaired) electrons. The number of aliphatic hydroxyl groups excluding tert-OH is 1. The maximum Gasteiger partial charge on any atom is 0.490 e. The van der Waals surface area contributed by atoms with Crippen molar-refractivity contribution in [2.24, 2.45) is 11.8 Å². The molecule has 178 valence electrons. The fraction of sp³-hybridized carbons (Fsp3) is 0.636. The van der Waals surface area contributed by atoms with Crippen molar-refractivity contribution in [3.8, 4) is 5.75 Å². The molecule has 1 aromatic rings. The fourth-order valence-corrected chi connectivity index (χ4v) is 4.44. The predicted octanol–water partition coefficient (Wildman–Crippen LogP) is 2.64. The lowest BCUT2D eigenvalue weighted by Gasteiger charge is -2.53. The number of alkyl halides is 3. The summed E-state index contributed by atoms with van der Waals surface area (Å²) in [7, 11) is 0. The SMILES string of the molecule is CCOc1cccc(C(=O)N2CC3(CC(CO)CN3CC3CC3)C2)c1.O=C(O)C(F)(F)F. The number of hydrogen-bond donors (Lipinski definition) is 2. The van der Waals surface area contributed by atoms with Crippen LogP contribution in [-0.4, -0.2) is 83.0 Å². The third-order valence-corrected chi connectivity index (χ3v) is 6.14. The van der Waals surface area contributed by atoms with E-state index in [0.29, 0.717) is 18.1 Å². The Balaban J connectivity index is 0.000000360. The lowest BCUT2D eigenvalue weighted by molar-refractivity contribution is -0.192. The second kappa shape index (κ2) is 9.66. The van der Waals surface area contributed by atoms with Crippen LogP contribution in [0.2, 0.25) is 0 Å². The summed E-state index contributed by atoms with van der Waals surface area (Å²) in [6.45, 7) is 6.49. The molecule has 2 N–H and O–H groups in total. The average molecular weight is 458 g/mol. The first-order valence-electron chi connectivity index (χ1n) is 10.8. The molecule has 10 heteroatoms. The average Bonchev–Trinajstić information content (AvgIpc) is 3.45. The first kappa shape index (κ1) is 24.3. The summed E-state index contributed by atoms with van der Waals surface area (Å²) in [4.78, 5) is 26.2. The molecule has 1 spiro atoms. The largest absolute Gasteiger partial charge is 0.494 e. The molecule has 0 aromatic heterocycles. The smallest absolute Gasteiger partial charge is 0.490 e. The van der Waals surface area contributed by atoms with Crippen LogP contribution in [0, 0.1) is 11.8 Å². The molecule has 2 aliphatic heterocycles. The molecule has 1 saturated carbocycles. The molecular weight excluding hydrogens is 429 g/mol. The van der Waals surface area contributed by atoms with Gasteiger partial charge in [-0.3, -0.25) is 9.69 Å². The summed E-state index contributed by atoms with van der Waals surface area (Å²) < 4.78 is 37.2. The highest BCUT2D eigenvalue weighted by atomic mass is 19.4. The quantitative estimate of drug-likeness (QED) is 0.681. The molecule has 1 amide bonds. The number of carboxylic acid groups (broad SMARTS) is 1. The zero-order valence-corrected chi connectivity index (χ0v) is 18.0. The van der Waals surface area contributed by atoms with E-state index in [9.17, 15) is 23.1 Å². The third-order valence-electron chi connectivity index (χ3n) is 6.14. The summed E-state index contributed by atoms with van der Waals surface area (Å²) in [6, 6.07) is 7.47. The van der Waals surface area contributed by atoms with Crippen LogP contribution in [0.4, 0.5) is 13.2 Å². The Morgan fingerprint density at radius 3 is 2.41 bits per heavy atom. The Bertz CT molecular complexity index is 822. The van der Waals surface area contributed by atoms with Gasteiger partial charge in [-0.25, -0.2) is 4.79 Å². The highest BCUT2D eigenvalue weighted by molar-refractivity contribution is 5.95. The molecule has 1 unspecified atom stereocenters. The minimum absolute atomic E-state index is 0.0889. The Kier molecular flexibility index (Phi) is 7.34. The number of rotatable bonds is 6. The Labute approximate surface area is 184 Å². The van der Waals surface area contributed by atoms with E-state index in [2.05, 4.69) is 4.90 Å². The number of hydrogen-bond acceptors (Lipinski definition) is 5. The van der Waals surface area contributed by atoms with Gasteiger partial charge in [0.15, 0.2) is 0 Å². The van der Waals surface area contributed by atoms with Gasteiger partial charge in [-0.1, -0.05) is 6.07 Å². The minimum atomic E-state index is -5.08. The number of likely N-dealkylation sites (tertiary alicyclic amines) is 2. The van der Waals surface area contributed by atoms with Crippen LogP contribution in [0.5, 0.6) is 5.75 Å². The molecule has 2 heterocycles. The summed E-state index contributed by atoms with van der Waals surface area (Å²) >= 11 is 0. The Hall–Kier alpha value is -2.33. The highest BCUT2D eigenvalue weighted by Gasteiger charge is 2.55. The van der Waals surface area contributed by atoms with Gasteiger partial charge in [0.25, 0.3) is 5.91 Å². The highest BCUT2D eigenvalue weighted by Crippen LogP contribution is 2.43. The van der Waals surface area contributed by atoms with Crippen molar-refractivity contribution in [2.45, 2.75) is 37.9 Å². The van der Waals surface area contributed by atoms with E-state index in [1.165, 1.54) is 12.8 Å². The van der Waals surface area contributed by atoms with Crippen molar-refractivity contribution < 1.29 is 37.7 Å². The molecule has 2 saturated heterocycles. The summed E-state index contributed by atoms with van der Waals surface area (Å²) in [5.74, 6) is -0.724. The first-order valence-corrected chi connectivity index (χ1v) is 10.8. The number of ether oxygens (including phenoxy) is 1. The van der Waals surface area contributed by atoms with E-state index in [-0.39, 0.29) is 18.1 Å². The molecule has 3 fully saturated rings. The van der Waals surface area contributed by atoms with Crippen LogP contribution in [-0.2, 0) is 4.79 Å². The molecule has 1 aliphatic carbocycles. The number of carbonyl (C=O) groups excluding carboxylic acids is 1. The maximum absolute atomic E-state index is 12.8. The third kappa shape index (κ3) is 5.72. The van der Waals surface area contributed by atoms with E-state index >= 15 is 0 Å². The normalized spacial score (nSPS) is 22.2. The molecule has 1 atom stereocenters. The lowest BCUT2D eigenvalue weighted by atomic mass is 9.84. The topological polar surface area (TPSA) is 90.3 Å². The second-order valence-electron chi connectivity index (χ2n) is 8.75. The van der Waals surface area contributed by atoms with Crippen molar-refractivity contribution >= 4 is 11.9 Å². The van der Waals surface area contributed by atoms with Gasteiger partial charge in [0.2, 0.25) is 0 Å². The van der Waals surface area contributed by atoms with Crippen molar-refractivity contribution in [3.05, 3.63) is 29.8 Å². The van der Waals surface area contributed by atoms with Crippen LogP contribution >= 0.6 is 0 Å². The number of aliphatic carboxylic acids is 1. The van der Waals surface area contributed by atoms with E-state index in [1.54, 1.807) is 0 Å². The molecular formula is C22H29F3N2O5. The second-order valence-corrected chi connectivity index (χ2v) is 8.75. The number of carboxylic acids is 1. The van der Waals surface area contributed by atoms with Gasteiger partial charge in [-0.15, -0.1) is 0 Å². The molecule has 4 rings (SSSR count). The number of carbonyl (C=O) groups is 2. The van der Waals surface area contributed by atoms with Gasteiger partial charge in [-0.2, -0.15) is 13.2 Å². The van der Waals surface area contributed by atoms with Crippen molar-refractivity contribution in [3.63, 3.8) is 0 Å². The minimum Gasteiger partial charge on any atom is -0.494 e. The molecule has 0 bridgehead atoms. The fourth-order valence-electron chi connectivity index (χ4n) is 4.44. The lowest BCUT2D eigenvalue weighted by Crippen LogP contribution is -2.69. The summed E-state index contributed by atoms with van der Waals surface area (Å²) in [5, 5.41) is 16.7. The Morgan fingerprint density at radius 2 is 1.88 bits per heavy atom. The van der Waals surface area contributed by atoms with Gasteiger partial charge >= 0.3 is 12.1 Å². The zero-order chi connectivity index (χ0) is 23.5. The number of benzene rings is 1. The van der Waals surface area contributed by atoms with Crippen LogP contribution in [0.15, 0.2) is 24.3 Å².